The molecule has 18 heavy (non-hydrogen) atoms. The summed E-state index contributed by atoms with van der Waals surface area (Å²) < 4.78 is 0. The summed E-state index contributed by atoms with van der Waals surface area (Å²) in [5.74, 6) is 0.901. The molecule has 1 atom stereocenters. The van der Waals surface area contributed by atoms with Crippen molar-refractivity contribution in [2.75, 3.05) is 39.3 Å². The molecule has 0 aromatic carbocycles. The first-order valence-electron chi connectivity index (χ1n) is 7.78. The monoisotopic (exact) mass is 253 g/mol. The van der Waals surface area contributed by atoms with Gasteiger partial charge in [-0.15, -0.1) is 0 Å². The lowest BCUT2D eigenvalue weighted by Gasteiger charge is -2.41. The van der Waals surface area contributed by atoms with Crippen molar-refractivity contribution in [1.29, 1.82) is 0 Å². The Balaban J connectivity index is 1.71. The van der Waals surface area contributed by atoms with Gasteiger partial charge in [-0.3, -0.25) is 0 Å². The number of piperidine rings is 2. The first kappa shape index (κ1) is 14.3. The van der Waals surface area contributed by atoms with Gasteiger partial charge in [-0.05, 0) is 63.3 Å². The molecular formula is C15H31N3. The van der Waals surface area contributed by atoms with Crippen LogP contribution in [0, 0.1) is 11.3 Å². The van der Waals surface area contributed by atoms with Gasteiger partial charge in [0, 0.05) is 12.6 Å². The summed E-state index contributed by atoms with van der Waals surface area (Å²) in [7, 11) is 0. The summed E-state index contributed by atoms with van der Waals surface area (Å²) in [4.78, 5) is 2.57. The summed E-state index contributed by atoms with van der Waals surface area (Å²) in [6.45, 7) is 14.4. The van der Waals surface area contributed by atoms with Crippen LogP contribution in [-0.2, 0) is 0 Å². The molecule has 2 saturated heterocycles. The lowest BCUT2D eigenvalue weighted by Crippen LogP contribution is -2.54. The predicted octanol–water partition coefficient (Wildman–Crippen LogP) is 1.70. The lowest BCUT2D eigenvalue weighted by atomic mass is 9.79. The minimum Gasteiger partial charge on any atom is -0.316 e. The van der Waals surface area contributed by atoms with Crippen LogP contribution in [-0.4, -0.2) is 50.2 Å². The predicted molar refractivity (Wildman–Crippen MR) is 77.9 cm³/mol. The van der Waals surface area contributed by atoms with Crippen LogP contribution < -0.4 is 10.6 Å². The molecule has 1 unspecified atom stereocenters. The number of rotatable bonds is 4. The van der Waals surface area contributed by atoms with Crippen LogP contribution in [0.2, 0.25) is 0 Å². The summed E-state index contributed by atoms with van der Waals surface area (Å²) >= 11 is 0. The van der Waals surface area contributed by atoms with Crippen LogP contribution in [0.3, 0.4) is 0 Å². The maximum absolute atomic E-state index is 3.86. The maximum atomic E-state index is 3.86. The summed E-state index contributed by atoms with van der Waals surface area (Å²) in [5, 5.41) is 7.37. The van der Waals surface area contributed by atoms with E-state index in [9.17, 15) is 0 Å². The van der Waals surface area contributed by atoms with Gasteiger partial charge in [0.1, 0.15) is 0 Å². The van der Waals surface area contributed by atoms with Crippen LogP contribution in [0.15, 0.2) is 0 Å². The lowest BCUT2D eigenvalue weighted by molar-refractivity contribution is 0.154. The molecule has 0 aromatic heterocycles. The third-order valence-electron chi connectivity index (χ3n) is 4.94. The third-order valence-corrected chi connectivity index (χ3v) is 4.94. The van der Waals surface area contributed by atoms with Gasteiger partial charge >= 0.3 is 0 Å². The van der Waals surface area contributed by atoms with Crippen molar-refractivity contribution in [3.63, 3.8) is 0 Å². The molecule has 0 aromatic rings. The van der Waals surface area contributed by atoms with Crippen molar-refractivity contribution in [3.05, 3.63) is 0 Å². The fourth-order valence-corrected chi connectivity index (χ4v) is 3.36. The van der Waals surface area contributed by atoms with Gasteiger partial charge in [-0.25, -0.2) is 0 Å². The summed E-state index contributed by atoms with van der Waals surface area (Å²) in [6.07, 6.45) is 4.04. The van der Waals surface area contributed by atoms with Crippen molar-refractivity contribution in [3.8, 4) is 0 Å². The number of hydrogen-bond donors (Lipinski definition) is 2. The smallest absolute Gasteiger partial charge is 0.0142 e. The van der Waals surface area contributed by atoms with E-state index in [1.165, 1.54) is 52.0 Å². The van der Waals surface area contributed by atoms with E-state index in [0.29, 0.717) is 11.5 Å². The highest BCUT2D eigenvalue weighted by Crippen LogP contribution is 2.25. The van der Waals surface area contributed by atoms with E-state index in [1.54, 1.807) is 0 Å². The Morgan fingerprint density at radius 1 is 1.22 bits per heavy atom. The summed E-state index contributed by atoms with van der Waals surface area (Å²) in [6, 6.07) is 0.697. The molecule has 0 saturated carbocycles. The van der Waals surface area contributed by atoms with E-state index >= 15 is 0 Å². The molecule has 2 fully saturated rings. The second-order valence-electron chi connectivity index (χ2n) is 6.79. The highest BCUT2D eigenvalue weighted by atomic mass is 15.1. The molecule has 3 nitrogen and oxygen atoms in total. The molecule has 0 amide bonds. The van der Waals surface area contributed by atoms with Gasteiger partial charge in [0.25, 0.3) is 0 Å². The largest absolute Gasteiger partial charge is 0.316 e. The molecule has 106 valence electrons. The third kappa shape index (κ3) is 3.69. The molecule has 2 rings (SSSR count). The van der Waals surface area contributed by atoms with Gasteiger partial charge in [0.15, 0.2) is 0 Å². The second-order valence-corrected chi connectivity index (χ2v) is 6.79. The zero-order chi connectivity index (χ0) is 13.0. The van der Waals surface area contributed by atoms with Gasteiger partial charge in [-0.1, -0.05) is 20.8 Å². The molecule has 0 bridgehead atoms. The normalized spacial score (nSPS) is 30.5. The van der Waals surface area contributed by atoms with Crippen LogP contribution in [0.4, 0.5) is 0 Å². The van der Waals surface area contributed by atoms with Crippen LogP contribution in [0.1, 0.15) is 40.0 Å². The van der Waals surface area contributed by atoms with Crippen LogP contribution >= 0.6 is 0 Å². The Hall–Kier alpha value is -0.120. The van der Waals surface area contributed by atoms with Crippen LogP contribution in [0.5, 0.6) is 0 Å². The standard InChI is InChI=1S/C15H31N3/c1-4-18-9-6-13(7-10-18)11-17-14-5-8-16-12-15(14,2)3/h13-14,16-17H,4-12H2,1-3H3. The topological polar surface area (TPSA) is 27.3 Å². The van der Waals surface area contributed by atoms with E-state index in [1.807, 2.05) is 0 Å². The second kappa shape index (κ2) is 6.36. The minimum absolute atomic E-state index is 0.405. The molecule has 0 aliphatic carbocycles. The van der Waals surface area contributed by atoms with E-state index in [-0.39, 0.29) is 0 Å². The van der Waals surface area contributed by atoms with Crippen molar-refractivity contribution < 1.29 is 0 Å². The molecule has 2 aliphatic heterocycles. The number of nitrogens with zero attached hydrogens (tertiary/aromatic N) is 1. The Morgan fingerprint density at radius 2 is 1.94 bits per heavy atom. The van der Waals surface area contributed by atoms with Gasteiger partial charge in [-0.2, -0.15) is 0 Å². The Morgan fingerprint density at radius 3 is 2.56 bits per heavy atom. The molecule has 0 spiro atoms. The number of hydrogen-bond acceptors (Lipinski definition) is 3. The van der Waals surface area contributed by atoms with Crippen molar-refractivity contribution in [1.82, 2.24) is 15.5 Å². The number of nitrogens with one attached hydrogen (secondary N) is 2. The van der Waals surface area contributed by atoms with Gasteiger partial charge in [0.05, 0.1) is 0 Å². The molecule has 0 radical (unpaired) electrons. The first-order chi connectivity index (χ1) is 8.62. The molecule has 2 aliphatic rings. The zero-order valence-corrected chi connectivity index (χ0v) is 12.5. The average molecular weight is 253 g/mol. The van der Waals surface area contributed by atoms with Crippen molar-refractivity contribution in [2.24, 2.45) is 11.3 Å². The Bertz CT molecular complexity index is 244. The SMILES string of the molecule is CCN1CCC(CNC2CCNCC2(C)C)CC1. The van der Waals surface area contributed by atoms with Crippen molar-refractivity contribution in [2.45, 2.75) is 46.1 Å². The molecule has 2 heterocycles. The average Bonchev–Trinajstić information content (AvgIpc) is 2.38. The molecule has 3 heteroatoms. The van der Waals surface area contributed by atoms with E-state index in [2.05, 4.69) is 36.3 Å². The fourth-order valence-electron chi connectivity index (χ4n) is 3.36. The van der Waals surface area contributed by atoms with Gasteiger partial charge in [0.2, 0.25) is 0 Å². The fraction of sp³-hybridized carbons (Fsp3) is 1.00. The zero-order valence-electron chi connectivity index (χ0n) is 12.5. The minimum atomic E-state index is 0.405. The maximum Gasteiger partial charge on any atom is 0.0142 e. The van der Waals surface area contributed by atoms with E-state index in [4.69, 9.17) is 0 Å². The first-order valence-corrected chi connectivity index (χ1v) is 7.78. The van der Waals surface area contributed by atoms with Gasteiger partial charge < -0.3 is 15.5 Å². The Kier molecular flexibility index (Phi) is 5.05. The van der Waals surface area contributed by atoms with E-state index < -0.39 is 0 Å². The Labute approximate surface area is 113 Å². The summed E-state index contributed by atoms with van der Waals surface area (Å²) in [5.41, 5.74) is 0.405. The quantitative estimate of drug-likeness (QED) is 0.798. The van der Waals surface area contributed by atoms with Crippen molar-refractivity contribution >= 4 is 0 Å². The van der Waals surface area contributed by atoms with E-state index in [0.717, 1.165) is 12.5 Å². The highest BCUT2D eigenvalue weighted by Gasteiger charge is 2.32. The highest BCUT2D eigenvalue weighted by molar-refractivity contribution is 4.90. The molecule has 2 N–H and O–H groups in total. The number of likely N-dealkylation sites (tertiary alicyclic amines) is 1. The molecular weight excluding hydrogens is 222 g/mol. The van der Waals surface area contributed by atoms with Crippen LogP contribution in [0.25, 0.3) is 0 Å².